The Morgan fingerprint density at radius 1 is 1.33 bits per heavy atom. The molecular formula is C20H22N4O2S. The zero-order valence-electron chi connectivity index (χ0n) is 15.4. The van der Waals surface area contributed by atoms with Gasteiger partial charge in [0.25, 0.3) is 0 Å². The van der Waals surface area contributed by atoms with Gasteiger partial charge in [-0.25, -0.2) is 0 Å². The topological polar surface area (TPSA) is 73.0 Å². The van der Waals surface area contributed by atoms with E-state index in [2.05, 4.69) is 20.1 Å². The molecule has 7 heteroatoms. The Morgan fingerprint density at radius 2 is 2.19 bits per heavy atom. The maximum Gasteiger partial charge on any atom is 0.237 e. The van der Waals surface area contributed by atoms with Crippen LogP contribution >= 0.6 is 11.8 Å². The summed E-state index contributed by atoms with van der Waals surface area (Å²) in [5.74, 6) is 2.26. The number of nitrogens with zero attached hydrogens (tertiary/aromatic N) is 3. The molecule has 140 valence electrons. The van der Waals surface area contributed by atoms with Gasteiger partial charge < -0.3 is 9.73 Å². The molecule has 1 fully saturated rings. The zero-order chi connectivity index (χ0) is 18.8. The number of rotatable bonds is 7. The number of carbonyl (C=O) groups is 1. The van der Waals surface area contributed by atoms with E-state index in [1.54, 1.807) is 6.26 Å². The van der Waals surface area contributed by atoms with E-state index in [4.69, 9.17) is 4.42 Å². The first-order valence-corrected chi connectivity index (χ1v) is 9.98. The molecule has 0 aliphatic heterocycles. The molecule has 2 aromatic heterocycles. The number of thioether (sulfide) groups is 1. The van der Waals surface area contributed by atoms with Crippen molar-refractivity contribution in [2.24, 2.45) is 0 Å². The summed E-state index contributed by atoms with van der Waals surface area (Å²) in [6.07, 6.45) is 3.95. The van der Waals surface area contributed by atoms with Crippen molar-refractivity contribution in [1.82, 2.24) is 14.8 Å². The van der Waals surface area contributed by atoms with Crippen molar-refractivity contribution in [2.75, 3.05) is 5.32 Å². The number of hydrogen-bond donors (Lipinski definition) is 1. The molecule has 1 saturated carbocycles. The average molecular weight is 382 g/mol. The lowest BCUT2D eigenvalue weighted by Gasteiger charge is -2.13. The normalized spacial score (nSPS) is 14.9. The fraction of sp³-hybridized carbons (Fsp3) is 0.350. The summed E-state index contributed by atoms with van der Waals surface area (Å²) >= 11 is 1.43. The summed E-state index contributed by atoms with van der Waals surface area (Å²) in [4.78, 5) is 12.6. The van der Waals surface area contributed by atoms with Gasteiger partial charge in [0.15, 0.2) is 5.16 Å². The Balaban J connectivity index is 1.48. The van der Waals surface area contributed by atoms with E-state index in [0.29, 0.717) is 12.5 Å². The van der Waals surface area contributed by atoms with Crippen LogP contribution in [0.3, 0.4) is 0 Å². The molecule has 1 aromatic carbocycles. The second-order valence-corrected chi connectivity index (χ2v) is 8.21. The number of benzene rings is 1. The van der Waals surface area contributed by atoms with E-state index < -0.39 is 0 Å². The van der Waals surface area contributed by atoms with Crippen molar-refractivity contribution >= 4 is 23.4 Å². The van der Waals surface area contributed by atoms with Crippen LogP contribution in [0.2, 0.25) is 0 Å². The van der Waals surface area contributed by atoms with E-state index in [1.165, 1.54) is 11.8 Å². The van der Waals surface area contributed by atoms with Crippen LogP contribution in [0.1, 0.15) is 42.8 Å². The highest BCUT2D eigenvalue weighted by Gasteiger charge is 2.31. The number of aromatic nitrogens is 3. The summed E-state index contributed by atoms with van der Waals surface area (Å²) in [6, 6.07) is 11.6. The maximum absolute atomic E-state index is 12.6. The molecule has 2 heterocycles. The van der Waals surface area contributed by atoms with E-state index in [-0.39, 0.29) is 11.2 Å². The highest BCUT2D eigenvalue weighted by atomic mass is 32.2. The molecule has 0 radical (unpaired) electrons. The SMILES string of the molecule is Cc1cccc(NC(=O)C(C)Sc2nnc(C3CC3)n2Cc2ccco2)c1. The molecule has 1 atom stereocenters. The minimum atomic E-state index is -0.294. The summed E-state index contributed by atoms with van der Waals surface area (Å²) in [5.41, 5.74) is 1.92. The second kappa shape index (κ2) is 7.60. The summed E-state index contributed by atoms with van der Waals surface area (Å²) in [7, 11) is 0. The first kappa shape index (κ1) is 17.9. The first-order valence-electron chi connectivity index (χ1n) is 9.10. The average Bonchev–Trinajstić information content (AvgIpc) is 3.21. The number of furan rings is 1. The van der Waals surface area contributed by atoms with Crippen LogP contribution < -0.4 is 5.32 Å². The zero-order valence-corrected chi connectivity index (χ0v) is 16.2. The summed E-state index contributed by atoms with van der Waals surface area (Å²) in [5, 5.41) is 12.2. The van der Waals surface area contributed by atoms with Gasteiger partial charge >= 0.3 is 0 Å². The van der Waals surface area contributed by atoms with E-state index in [1.807, 2.05) is 50.2 Å². The van der Waals surface area contributed by atoms with Gasteiger partial charge in [0.05, 0.1) is 18.1 Å². The van der Waals surface area contributed by atoms with E-state index in [9.17, 15) is 4.79 Å². The predicted molar refractivity (Wildman–Crippen MR) is 105 cm³/mol. The molecule has 0 bridgehead atoms. The maximum atomic E-state index is 12.6. The lowest BCUT2D eigenvalue weighted by molar-refractivity contribution is -0.115. The van der Waals surface area contributed by atoms with Crippen LogP contribution in [0.25, 0.3) is 0 Å². The van der Waals surface area contributed by atoms with Gasteiger partial charge in [-0.3, -0.25) is 9.36 Å². The molecule has 1 N–H and O–H groups in total. The van der Waals surface area contributed by atoms with Crippen molar-refractivity contribution in [1.29, 1.82) is 0 Å². The third kappa shape index (κ3) is 4.24. The standard InChI is InChI=1S/C20H22N4O2S/c1-13-5-3-6-16(11-13)21-19(25)14(2)27-20-23-22-18(15-8-9-15)24(20)12-17-7-4-10-26-17/h3-7,10-11,14-15H,8-9,12H2,1-2H3,(H,21,25). The largest absolute Gasteiger partial charge is 0.467 e. The molecule has 1 amide bonds. The van der Waals surface area contributed by atoms with E-state index >= 15 is 0 Å². The molecule has 3 aromatic rings. The third-order valence-electron chi connectivity index (χ3n) is 4.52. The molecule has 1 aliphatic carbocycles. The van der Waals surface area contributed by atoms with Crippen molar-refractivity contribution in [2.45, 2.75) is 49.6 Å². The predicted octanol–water partition coefficient (Wildman–Crippen LogP) is 4.22. The summed E-state index contributed by atoms with van der Waals surface area (Å²) < 4.78 is 7.58. The molecule has 1 unspecified atom stereocenters. The molecule has 1 aliphatic rings. The number of anilines is 1. The van der Waals surface area contributed by atoms with Crippen LogP contribution in [0.4, 0.5) is 5.69 Å². The van der Waals surface area contributed by atoms with Gasteiger partial charge in [0.1, 0.15) is 11.6 Å². The third-order valence-corrected chi connectivity index (χ3v) is 5.60. The lowest BCUT2D eigenvalue weighted by atomic mass is 10.2. The lowest BCUT2D eigenvalue weighted by Crippen LogP contribution is -2.23. The fourth-order valence-electron chi connectivity index (χ4n) is 2.92. The molecule has 6 nitrogen and oxygen atoms in total. The smallest absolute Gasteiger partial charge is 0.237 e. The number of nitrogens with one attached hydrogen (secondary N) is 1. The molecule has 27 heavy (non-hydrogen) atoms. The highest BCUT2D eigenvalue weighted by Crippen LogP contribution is 2.40. The van der Waals surface area contributed by atoms with Crippen LogP contribution in [0, 0.1) is 6.92 Å². The molecule has 0 spiro atoms. The Labute approximate surface area is 162 Å². The Bertz CT molecular complexity index is 931. The van der Waals surface area contributed by atoms with Crippen LogP contribution in [-0.2, 0) is 11.3 Å². The minimum Gasteiger partial charge on any atom is -0.467 e. The van der Waals surface area contributed by atoms with Gasteiger partial charge in [-0.05, 0) is 56.5 Å². The number of hydrogen-bond acceptors (Lipinski definition) is 5. The Hall–Kier alpha value is -2.54. The quantitative estimate of drug-likeness (QED) is 0.619. The minimum absolute atomic E-state index is 0.0499. The Morgan fingerprint density at radius 3 is 2.89 bits per heavy atom. The number of aryl methyl sites for hydroxylation is 1. The monoisotopic (exact) mass is 382 g/mol. The van der Waals surface area contributed by atoms with E-state index in [0.717, 1.165) is 40.8 Å². The van der Waals surface area contributed by atoms with Gasteiger partial charge in [0, 0.05) is 11.6 Å². The molecule has 4 rings (SSSR count). The highest BCUT2D eigenvalue weighted by molar-refractivity contribution is 8.00. The van der Waals surface area contributed by atoms with Crippen LogP contribution in [0.15, 0.2) is 52.2 Å². The molecular weight excluding hydrogens is 360 g/mol. The van der Waals surface area contributed by atoms with Crippen molar-refractivity contribution < 1.29 is 9.21 Å². The van der Waals surface area contributed by atoms with Crippen molar-refractivity contribution in [3.8, 4) is 0 Å². The van der Waals surface area contributed by atoms with Gasteiger partial charge in [-0.1, -0.05) is 23.9 Å². The van der Waals surface area contributed by atoms with Gasteiger partial charge in [0.2, 0.25) is 5.91 Å². The molecule has 0 saturated heterocycles. The van der Waals surface area contributed by atoms with Gasteiger partial charge in [-0.15, -0.1) is 10.2 Å². The first-order chi connectivity index (χ1) is 13.1. The van der Waals surface area contributed by atoms with Crippen LogP contribution in [-0.4, -0.2) is 25.9 Å². The number of amides is 1. The fourth-order valence-corrected chi connectivity index (χ4v) is 3.77. The number of carbonyl (C=O) groups excluding carboxylic acids is 1. The second-order valence-electron chi connectivity index (χ2n) is 6.90. The van der Waals surface area contributed by atoms with Gasteiger partial charge in [-0.2, -0.15) is 0 Å². The summed E-state index contributed by atoms with van der Waals surface area (Å²) in [6.45, 7) is 4.48. The van der Waals surface area contributed by atoms with Crippen molar-refractivity contribution in [3.63, 3.8) is 0 Å². The Kier molecular flexibility index (Phi) is 5.03. The van der Waals surface area contributed by atoms with Crippen molar-refractivity contribution in [3.05, 3.63) is 59.8 Å². The van der Waals surface area contributed by atoms with Crippen LogP contribution in [0.5, 0.6) is 0 Å².